The highest BCUT2D eigenvalue weighted by molar-refractivity contribution is 9.10. The van der Waals surface area contributed by atoms with Crippen LogP contribution in [0.4, 0.5) is 11.4 Å². The average Bonchev–Trinajstić information content (AvgIpc) is 2.68. The fourth-order valence-corrected chi connectivity index (χ4v) is 3.09. The number of anilines is 2. The summed E-state index contributed by atoms with van der Waals surface area (Å²) in [4.78, 5) is 35.9. The summed E-state index contributed by atoms with van der Waals surface area (Å²) in [5.41, 5.74) is 3.91. The lowest BCUT2D eigenvalue weighted by Crippen LogP contribution is -2.22. The van der Waals surface area contributed by atoms with Crippen LogP contribution in [0.25, 0.3) is 0 Å². The van der Waals surface area contributed by atoms with Crippen LogP contribution in [0.15, 0.2) is 34.8 Å². The first-order valence-corrected chi connectivity index (χ1v) is 10.1. The van der Waals surface area contributed by atoms with Gasteiger partial charge in [0, 0.05) is 22.3 Å². The predicted octanol–water partition coefficient (Wildman–Crippen LogP) is 4.93. The van der Waals surface area contributed by atoms with Crippen LogP contribution in [0.2, 0.25) is 5.02 Å². The lowest BCUT2D eigenvalue weighted by atomic mass is 10.1. The minimum absolute atomic E-state index is 0.0325. The zero-order chi connectivity index (χ0) is 21.6. The minimum atomic E-state index is -0.623. The second kappa shape index (κ2) is 10.4. The number of amides is 2. The molecular formula is C21H22BrClN2O4. The largest absolute Gasteiger partial charge is 0.456 e. The van der Waals surface area contributed by atoms with Crippen molar-refractivity contribution in [3.05, 3.63) is 56.5 Å². The van der Waals surface area contributed by atoms with E-state index in [0.29, 0.717) is 22.0 Å². The Morgan fingerprint density at radius 2 is 1.66 bits per heavy atom. The molecule has 154 valence electrons. The van der Waals surface area contributed by atoms with Gasteiger partial charge in [0.2, 0.25) is 5.91 Å². The number of benzene rings is 2. The van der Waals surface area contributed by atoms with Crippen molar-refractivity contribution in [2.75, 3.05) is 17.2 Å². The van der Waals surface area contributed by atoms with E-state index in [1.807, 2.05) is 32.0 Å². The maximum atomic E-state index is 12.0. The number of hydrogen-bond donors (Lipinski definition) is 2. The molecule has 2 N–H and O–H groups in total. The van der Waals surface area contributed by atoms with Gasteiger partial charge in [0.25, 0.3) is 5.91 Å². The van der Waals surface area contributed by atoms with E-state index >= 15 is 0 Å². The standard InChI is InChI=1S/C21H22BrClN2O4/c1-12-4-5-13(2)17(10-12)25-18(26)8-9-20(28)29-11-19(27)24-16-7-6-15(22)21(23)14(16)3/h4-7,10H,8-9,11H2,1-3H3,(H,24,27)(H,25,26). The molecule has 0 bridgehead atoms. The number of carbonyl (C=O) groups is 3. The molecule has 0 aliphatic rings. The van der Waals surface area contributed by atoms with Crippen LogP contribution in [0.3, 0.4) is 0 Å². The molecule has 2 aromatic rings. The number of halogens is 2. The first-order chi connectivity index (χ1) is 13.7. The van der Waals surface area contributed by atoms with Crippen molar-refractivity contribution >= 4 is 56.7 Å². The van der Waals surface area contributed by atoms with Crippen molar-refractivity contribution in [1.29, 1.82) is 0 Å². The third kappa shape index (κ3) is 6.87. The van der Waals surface area contributed by atoms with E-state index in [0.717, 1.165) is 15.6 Å². The molecule has 0 atom stereocenters. The number of aryl methyl sites for hydroxylation is 2. The number of rotatable bonds is 7. The summed E-state index contributed by atoms with van der Waals surface area (Å²) in [6.45, 7) is 5.15. The molecule has 0 radical (unpaired) electrons. The fourth-order valence-electron chi connectivity index (χ4n) is 2.49. The van der Waals surface area contributed by atoms with E-state index in [-0.39, 0.29) is 18.7 Å². The van der Waals surface area contributed by atoms with Crippen LogP contribution in [0.5, 0.6) is 0 Å². The van der Waals surface area contributed by atoms with Gasteiger partial charge in [0.05, 0.1) is 11.4 Å². The highest BCUT2D eigenvalue weighted by Crippen LogP contribution is 2.30. The first kappa shape index (κ1) is 22.9. The summed E-state index contributed by atoms with van der Waals surface area (Å²) in [5, 5.41) is 5.91. The van der Waals surface area contributed by atoms with Gasteiger partial charge in [-0.3, -0.25) is 14.4 Å². The molecule has 0 saturated carbocycles. The van der Waals surface area contributed by atoms with Gasteiger partial charge in [-0.25, -0.2) is 0 Å². The second-order valence-corrected chi connectivity index (χ2v) is 7.84. The summed E-state index contributed by atoms with van der Waals surface area (Å²) in [5.74, 6) is -1.40. The molecule has 0 aliphatic heterocycles. The van der Waals surface area contributed by atoms with Crippen molar-refractivity contribution in [3.8, 4) is 0 Å². The van der Waals surface area contributed by atoms with Gasteiger partial charge in [-0.05, 0) is 71.6 Å². The summed E-state index contributed by atoms with van der Waals surface area (Å²) < 4.78 is 5.66. The van der Waals surface area contributed by atoms with Crippen LogP contribution in [-0.2, 0) is 19.1 Å². The highest BCUT2D eigenvalue weighted by Gasteiger charge is 2.13. The van der Waals surface area contributed by atoms with E-state index in [1.54, 1.807) is 19.1 Å². The van der Waals surface area contributed by atoms with E-state index < -0.39 is 18.5 Å². The molecule has 8 heteroatoms. The molecule has 0 fully saturated rings. The van der Waals surface area contributed by atoms with Crippen LogP contribution < -0.4 is 10.6 Å². The molecule has 0 aliphatic carbocycles. The van der Waals surface area contributed by atoms with Gasteiger partial charge < -0.3 is 15.4 Å². The van der Waals surface area contributed by atoms with Crippen molar-refractivity contribution in [2.24, 2.45) is 0 Å². The molecule has 6 nitrogen and oxygen atoms in total. The molecule has 0 heterocycles. The Morgan fingerprint density at radius 1 is 0.966 bits per heavy atom. The number of esters is 1. The summed E-state index contributed by atoms with van der Waals surface area (Å²) in [6.07, 6.45) is -0.150. The van der Waals surface area contributed by atoms with Crippen LogP contribution >= 0.6 is 27.5 Å². The zero-order valence-corrected chi connectivity index (χ0v) is 18.7. The average molecular weight is 482 g/mol. The Kier molecular flexibility index (Phi) is 8.22. The topological polar surface area (TPSA) is 84.5 Å². The van der Waals surface area contributed by atoms with Crippen molar-refractivity contribution in [2.45, 2.75) is 33.6 Å². The number of nitrogens with one attached hydrogen (secondary N) is 2. The Bertz CT molecular complexity index is 947. The van der Waals surface area contributed by atoms with E-state index in [4.69, 9.17) is 16.3 Å². The number of ether oxygens (including phenoxy) is 1. The van der Waals surface area contributed by atoms with Crippen molar-refractivity contribution in [1.82, 2.24) is 0 Å². The van der Waals surface area contributed by atoms with Crippen molar-refractivity contribution in [3.63, 3.8) is 0 Å². The Labute approximate surface area is 183 Å². The first-order valence-electron chi connectivity index (χ1n) is 8.94. The summed E-state index contributed by atoms with van der Waals surface area (Å²) >= 11 is 9.43. The predicted molar refractivity (Wildman–Crippen MR) is 117 cm³/mol. The van der Waals surface area contributed by atoms with E-state index in [1.165, 1.54) is 0 Å². The quantitative estimate of drug-likeness (QED) is 0.549. The van der Waals surface area contributed by atoms with Gasteiger partial charge in [-0.15, -0.1) is 0 Å². The Morgan fingerprint density at radius 3 is 2.38 bits per heavy atom. The van der Waals surface area contributed by atoms with Crippen LogP contribution in [0.1, 0.15) is 29.5 Å². The maximum absolute atomic E-state index is 12.0. The Balaban J connectivity index is 1.76. The van der Waals surface area contributed by atoms with Crippen LogP contribution in [0, 0.1) is 20.8 Å². The molecule has 0 unspecified atom stereocenters. The minimum Gasteiger partial charge on any atom is -0.456 e. The molecule has 0 spiro atoms. The van der Waals surface area contributed by atoms with E-state index in [9.17, 15) is 14.4 Å². The molecule has 2 aromatic carbocycles. The normalized spacial score (nSPS) is 10.4. The lowest BCUT2D eigenvalue weighted by Gasteiger charge is -2.11. The number of hydrogen-bond acceptors (Lipinski definition) is 4. The molecule has 0 aromatic heterocycles. The monoisotopic (exact) mass is 480 g/mol. The van der Waals surface area contributed by atoms with Gasteiger partial charge >= 0.3 is 5.97 Å². The summed E-state index contributed by atoms with van der Waals surface area (Å²) in [6, 6.07) is 9.15. The second-order valence-electron chi connectivity index (χ2n) is 6.61. The van der Waals surface area contributed by atoms with Crippen LogP contribution in [-0.4, -0.2) is 24.4 Å². The van der Waals surface area contributed by atoms with E-state index in [2.05, 4.69) is 26.6 Å². The third-order valence-electron chi connectivity index (χ3n) is 4.20. The van der Waals surface area contributed by atoms with Gasteiger partial charge in [-0.2, -0.15) is 0 Å². The molecular weight excluding hydrogens is 460 g/mol. The zero-order valence-electron chi connectivity index (χ0n) is 16.4. The summed E-state index contributed by atoms with van der Waals surface area (Å²) in [7, 11) is 0. The molecule has 2 rings (SSSR count). The van der Waals surface area contributed by atoms with Gasteiger partial charge in [-0.1, -0.05) is 23.7 Å². The lowest BCUT2D eigenvalue weighted by molar-refractivity contribution is -0.147. The molecule has 0 saturated heterocycles. The molecule has 29 heavy (non-hydrogen) atoms. The van der Waals surface area contributed by atoms with Gasteiger partial charge in [0.1, 0.15) is 0 Å². The molecule has 2 amide bonds. The van der Waals surface area contributed by atoms with Crippen molar-refractivity contribution < 1.29 is 19.1 Å². The maximum Gasteiger partial charge on any atom is 0.306 e. The number of carbonyl (C=O) groups excluding carboxylic acids is 3. The third-order valence-corrected chi connectivity index (χ3v) is 5.58. The SMILES string of the molecule is Cc1ccc(C)c(NC(=O)CCC(=O)OCC(=O)Nc2ccc(Br)c(Cl)c2C)c1. The van der Waals surface area contributed by atoms with Gasteiger partial charge in [0.15, 0.2) is 6.61 Å². The smallest absolute Gasteiger partial charge is 0.306 e. The highest BCUT2D eigenvalue weighted by atomic mass is 79.9. The Hall–Kier alpha value is -2.38. The fraction of sp³-hybridized carbons (Fsp3) is 0.286.